The molecule has 12 heteroatoms. The Labute approximate surface area is 155 Å². The van der Waals surface area contributed by atoms with Crippen LogP contribution in [0.25, 0.3) is 16.8 Å². The van der Waals surface area contributed by atoms with E-state index in [4.69, 9.17) is 0 Å². The summed E-state index contributed by atoms with van der Waals surface area (Å²) >= 11 is -1.91. The SMILES string of the molecule is CC[C@H]1CN([S+]([O-])NCC(F)(F)F)C[C@H]1c1nnc2cnc3[nH]ccc3n12. The van der Waals surface area contributed by atoms with Gasteiger partial charge in [-0.1, -0.05) is 13.3 Å². The predicted molar refractivity (Wildman–Crippen MR) is 92.9 cm³/mol. The van der Waals surface area contributed by atoms with Crippen molar-refractivity contribution in [2.75, 3.05) is 19.6 Å². The van der Waals surface area contributed by atoms with Gasteiger partial charge in [0, 0.05) is 18.7 Å². The fraction of sp³-hybridized carbons (Fsp3) is 0.533. The first-order valence-corrected chi connectivity index (χ1v) is 9.62. The molecule has 4 rings (SSSR count). The van der Waals surface area contributed by atoms with Crippen molar-refractivity contribution >= 4 is 28.4 Å². The van der Waals surface area contributed by atoms with Gasteiger partial charge in [0.25, 0.3) is 0 Å². The van der Waals surface area contributed by atoms with Crippen molar-refractivity contribution in [2.45, 2.75) is 25.4 Å². The Hall–Kier alpha value is -1.89. The van der Waals surface area contributed by atoms with Gasteiger partial charge in [-0.2, -0.15) is 13.2 Å². The second-order valence-corrected chi connectivity index (χ2v) is 7.83. The summed E-state index contributed by atoms with van der Waals surface area (Å²) in [6.07, 6.45) is -0.232. The number of hydrogen-bond donors (Lipinski definition) is 2. The highest BCUT2D eigenvalue weighted by Gasteiger charge is 2.42. The van der Waals surface area contributed by atoms with Gasteiger partial charge in [-0.3, -0.25) is 4.40 Å². The number of fused-ring (bicyclic) bond motifs is 3. The van der Waals surface area contributed by atoms with Gasteiger partial charge in [-0.25, -0.2) is 4.98 Å². The van der Waals surface area contributed by atoms with E-state index >= 15 is 0 Å². The Morgan fingerprint density at radius 1 is 1.37 bits per heavy atom. The summed E-state index contributed by atoms with van der Waals surface area (Å²) in [6, 6.07) is 1.87. The average molecular weight is 401 g/mol. The summed E-state index contributed by atoms with van der Waals surface area (Å²) in [5, 5.41) is 8.50. The molecule has 4 heterocycles. The summed E-state index contributed by atoms with van der Waals surface area (Å²) in [5.74, 6) is 0.720. The minimum Gasteiger partial charge on any atom is -0.579 e. The van der Waals surface area contributed by atoms with Gasteiger partial charge in [0.1, 0.15) is 23.9 Å². The van der Waals surface area contributed by atoms with Crippen LogP contribution >= 0.6 is 0 Å². The number of hydrogen-bond acceptors (Lipinski definition) is 6. The Balaban J connectivity index is 1.62. The molecule has 3 aromatic heterocycles. The zero-order valence-electron chi connectivity index (χ0n) is 14.4. The molecule has 2 N–H and O–H groups in total. The van der Waals surface area contributed by atoms with Crippen LogP contribution in [0.2, 0.25) is 0 Å². The van der Waals surface area contributed by atoms with E-state index in [-0.39, 0.29) is 11.8 Å². The lowest BCUT2D eigenvalue weighted by Crippen LogP contribution is -2.43. The van der Waals surface area contributed by atoms with Crippen LogP contribution in [0.5, 0.6) is 0 Å². The molecule has 3 atom stereocenters. The highest BCUT2D eigenvalue weighted by atomic mass is 32.2. The third-order valence-corrected chi connectivity index (χ3v) is 6.02. The van der Waals surface area contributed by atoms with Gasteiger partial charge in [0.2, 0.25) is 0 Å². The van der Waals surface area contributed by atoms with Crippen LogP contribution in [0.15, 0.2) is 18.5 Å². The fourth-order valence-electron chi connectivity index (χ4n) is 3.55. The lowest BCUT2D eigenvalue weighted by molar-refractivity contribution is -0.121. The first kappa shape index (κ1) is 18.5. The van der Waals surface area contributed by atoms with E-state index in [1.165, 1.54) is 4.31 Å². The molecule has 0 saturated carbocycles. The number of halogens is 3. The standard InChI is InChI=1S/C15H18F3N7OS/c1-2-9-6-24(27(26)21-8-15(16,17)18)7-10(9)14-23-22-12-5-20-13-11(25(12)14)3-4-19-13/h3-5,9-10,19,21H,2,6-8H2,1H3/t9-,10+,27?/m0/s1. The summed E-state index contributed by atoms with van der Waals surface area (Å²) < 4.78 is 54.9. The predicted octanol–water partition coefficient (Wildman–Crippen LogP) is 1.76. The molecule has 3 aromatic rings. The highest BCUT2D eigenvalue weighted by molar-refractivity contribution is 7.87. The summed E-state index contributed by atoms with van der Waals surface area (Å²) in [5.41, 5.74) is 2.13. The maximum absolute atomic E-state index is 12.4. The van der Waals surface area contributed by atoms with Crippen LogP contribution in [-0.2, 0) is 11.5 Å². The summed E-state index contributed by atoms with van der Waals surface area (Å²) in [6.45, 7) is 1.48. The molecule has 27 heavy (non-hydrogen) atoms. The number of alkyl halides is 3. The molecule has 0 radical (unpaired) electrons. The minimum atomic E-state index is -4.41. The van der Waals surface area contributed by atoms with Crippen molar-refractivity contribution in [1.82, 2.24) is 33.6 Å². The molecular weight excluding hydrogens is 383 g/mol. The van der Waals surface area contributed by atoms with E-state index in [9.17, 15) is 17.7 Å². The van der Waals surface area contributed by atoms with E-state index in [2.05, 4.69) is 24.9 Å². The van der Waals surface area contributed by atoms with E-state index in [0.717, 1.165) is 11.9 Å². The van der Waals surface area contributed by atoms with E-state index < -0.39 is 24.3 Å². The van der Waals surface area contributed by atoms with Crippen molar-refractivity contribution in [3.63, 3.8) is 0 Å². The average Bonchev–Trinajstić information content (AvgIpc) is 3.33. The lowest BCUT2D eigenvalue weighted by atomic mass is 9.93. The molecular formula is C15H18F3N7OS. The fourth-order valence-corrected chi connectivity index (χ4v) is 4.64. The number of nitrogens with one attached hydrogen (secondary N) is 2. The van der Waals surface area contributed by atoms with Gasteiger partial charge in [0.05, 0.1) is 18.3 Å². The Kier molecular flexibility index (Phi) is 4.74. The van der Waals surface area contributed by atoms with Crippen molar-refractivity contribution in [3.8, 4) is 0 Å². The van der Waals surface area contributed by atoms with Gasteiger partial charge >= 0.3 is 6.18 Å². The molecule has 0 spiro atoms. The molecule has 1 aliphatic heterocycles. The molecule has 1 unspecified atom stereocenters. The van der Waals surface area contributed by atoms with Crippen molar-refractivity contribution in [1.29, 1.82) is 0 Å². The van der Waals surface area contributed by atoms with Gasteiger partial charge in [0.15, 0.2) is 11.3 Å². The monoisotopic (exact) mass is 401 g/mol. The van der Waals surface area contributed by atoms with Gasteiger partial charge < -0.3 is 9.54 Å². The van der Waals surface area contributed by atoms with E-state index in [1.54, 1.807) is 12.4 Å². The van der Waals surface area contributed by atoms with Gasteiger partial charge in [-0.15, -0.1) is 19.2 Å². The first-order valence-electron chi connectivity index (χ1n) is 8.51. The second-order valence-electron chi connectivity index (χ2n) is 6.53. The molecule has 0 amide bonds. The highest BCUT2D eigenvalue weighted by Crippen LogP contribution is 2.35. The number of rotatable bonds is 5. The quantitative estimate of drug-likeness (QED) is 0.633. The molecule has 0 aliphatic carbocycles. The van der Waals surface area contributed by atoms with Gasteiger partial charge in [-0.05, 0) is 12.0 Å². The molecule has 0 aromatic carbocycles. The first-order chi connectivity index (χ1) is 12.9. The Bertz CT molecular complexity index is 942. The van der Waals surface area contributed by atoms with Crippen molar-refractivity contribution in [3.05, 3.63) is 24.3 Å². The number of aromatic nitrogens is 5. The van der Waals surface area contributed by atoms with Crippen LogP contribution < -0.4 is 4.72 Å². The molecule has 146 valence electrons. The molecule has 1 aliphatic rings. The third kappa shape index (κ3) is 3.49. The maximum atomic E-state index is 12.4. The van der Waals surface area contributed by atoms with Crippen LogP contribution in [0.1, 0.15) is 25.1 Å². The normalized spacial score (nSPS) is 22.9. The van der Waals surface area contributed by atoms with Crippen LogP contribution in [0.3, 0.4) is 0 Å². The maximum Gasteiger partial charge on any atom is 0.405 e. The van der Waals surface area contributed by atoms with Crippen LogP contribution in [0.4, 0.5) is 13.2 Å². The van der Waals surface area contributed by atoms with Crippen molar-refractivity contribution < 1.29 is 17.7 Å². The molecule has 0 bridgehead atoms. The Morgan fingerprint density at radius 2 is 2.19 bits per heavy atom. The van der Waals surface area contributed by atoms with Crippen molar-refractivity contribution in [2.24, 2.45) is 5.92 Å². The van der Waals surface area contributed by atoms with Crippen LogP contribution in [-0.4, -0.2) is 59.2 Å². The molecule has 1 saturated heterocycles. The number of nitrogens with zero attached hydrogens (tertiary/aromatic N) is 5. The largest absolute Gasteiger partial charge is 0.579 e. The smallest absolute Gasteiger partial charge is 0.405 e. The third-order valence-electron chi connectivity index (χ3n) is 4.86. The van der Waals surface area contributed by atoms with Crippen LogP contribution in [0, 0.1) is 5.92 Å². The topological polar surface area (TPSA) is 97.2 Å². The molecule has 1 fully saturated rings. The Morgan fingerprint density at radius 3 is 2.93 bits per heavy atom. The second kappa shape index (κ2) is 6.93. The summed E-state index contributed by atoms with van der Waals surface area (Å²) in [4.78, 5) is 7.32. The zero-order valence-corrected chi connectivity index (χ0v) is 15.2. The van der Waals surface area contributed by atoms with E-state index in [1.807, 2.05) is 17.4 Å². The lowest BCUT2D eigenvalue weighted by Gasteiger charge is -2.19. The minimum absolute atomic E-state index is 0.0952. The number of aromatic amines is 1. The molecule has 8 nitrogen and oxygen atoms in total. The summed E-state index contributed by atoms with van der Waals surface area (Å²) in [7, 11) is 0. The zero-order chi connectivity index (χ0) is 19.2. The van der Waals surface area contributed by atoms with E-state index in [0.29, 0.717) is 30.2 Å². The number of H-pyrrole nitrogens is 1.